The van der Waals surface area contributed by atoms with Crippen molar-refractivity contribution in [2.75, 3.05) is 0 Å². The molecule has 11 aromatic rings. The topological polar surface area (TPSA) is 56.7 Å². The zero-order valence-corrected chi connectivity index (χ0v) is 29.0. The highest BCUT2D eigenvalue weighted by Gasteiger charge is 2.20. The van der Waals surface area contributed by atoms with Gasteiger partial charge in [0.25, 0.3) is 0 Å². The molecule has 0 N–H and O–H groups in total. The molecule has 0 saturated carbocycles. The van der Waals surface area contributed by atoms with Gasteiger partial charge in [0.2, 0.25) is 0 Å². The molecule has 0 spiro atoms. The van der Waals surface area contributed by atoms with E-state index in [1.807, 2.05) is 48.5 Å². The van der Waals surface area contributed by atoms with E-state index in [1.165, 1.54) is 27.1 Å². The Kier molecular flexibility index (Phi) is 6.79. The molecule has 3 heterocycles. The fraction of sp³-hybridized carbons (Fsp3) is 0. The normalized spacial score (nSPS) is 11.7. The van der Waals surface area contributed by atoms with Gasteiger partial charge in [-0.2, -0.15) is 0 Å². The maximum Gasteiger partial charge on any atom is 0.164 e. The summed E-state index contributed by atoms with van der Waals surface area (Å²) in [6.07, 6.45) is 0. The van der Waals surface area contributed by atoms with Crippen molar-refractivity contribution in [1.29, 1.82) is 0 Å². The van der Waals surface area contributed by atoms with Crippen LogP contribution in [0.25, 0.3) is 105 Å². The molecule has 0 atom stereocenters. The molecule has 8 aromatic carbocycles. The number of hydrogen-bond donors (Lipinski definition) is 0. The first-order valence-corrected chi connectivity index (χ1v) is 18.1. The largest absolute Gasteiger partial charge is 0.456 e. The number of fused-ring (bicyclic) bond motifs is 7. The fourth-order valence-electron chi connectivity index (χ4n) is 7.86. The van der Waals surface area contributed by atoms with Gasteiger partial charge < -0.3 is 8.98 Å². The predicted octanol–water partition coefficient (Wildman–Crippen LogP) is 12.7. The standard InChI is InChI=1S/C49H30N4O/c1-3-12-31(13-4-1)32-22-24-34(25-23-32)48-50-47(33-14-5-2-6-15-33)51-49(52-48)40-19-11-21-44-46(40)39-27-26-37(30-45(39)54-44)53-42-20-10-9-18-38(42)41-28-35-16-7-8-17-36(35)29-43(41)53/h1-30H. The smallest absolute Gasteiger partial charge is 0.164 e. The van der Waals surface area contributed by atoms with Crippen LogP contribution in [0.1, 0.15) is 0 Å². The molecule has 0 bridgehead atoms. The zero-order valence-electron chi connectivity index (χ0n) is 29.0. The predicted molar refractivity (Wildman–Crippen MR) is 221 cm³/mol. The summed E-state index contributed by atoms with van der Waals surface area (Å²) < 4.78 is 8.99. The van der Waals surface area contributed by atoms with E-state index in [4.69, 9.17) is 19.4 Å². The summed E-state index contributed by atoms with van der Waals surface area (Å²) in [6.45, 7) is 0. The molecular formula is C49H30N4O. The number of para-hydroxylation sites is 1. The van der Waals surface area contributed by atoms with Crippen LogP contribution in [0.4, 0.5) is 0 Å². The van der Waals surface area contributed by atoms with Crippen molar-refractivity contribution in [3.8, 4) is 51.0 Å². The molecule has 0 aliphatic rings. The van der Waals surface area contributed by atoms with Crippen molar-refractivity contribution < 1.29 is 4.42 Å². The fourth-order valence-corrected chi connectivity index (χ4v) is 7.86. The number of hydrogen-bond acceptors (Lipinski definition) is 4. The van der Waals surface area contributed by atoms with Crippen LogP contribution in [0.2, 0.25) is 0 Å². The van der Waals surface area contributed by atoms with Gasteiger partial charge in [-0.3, -0.25) is 0 Å². The van der Waals surface area contributed by atoms with Crippen molar-refractivity contribution in [2.24, 2.45) is 0 Å². The molecule has 252 valence electrons. The molecule has 3 aromatic heterocycles. The third-order valence-corrected chi connectivity index (χ3v) is 10.4. The number of rotatable bonds is 5. The van der Waals surface area contributed by atoms with Crippen molar-refractivity contribution in [2.45, 2.75) is 0 Å². The lowest BCUT2D eigenvalue weighted by Crippen LogP contribution is -2.00. The first kappa shape index (κ1) is 30.3. The Morgan fingerprint density at radius 2 is 0.981 bits per heavy atom. The van der Waals surface area contributed by atoms with E-state index in [0.29, 0.717) is 17.5 Å². The molecule has 5 heteroatoms. The molecule has 0 aliphatic carbocycles. The van der Waals surface area contributed by atoms with Gasteiger partial charge in [0.1, 0.15) is 11.2 Å². The second-order valence-corrected chi connectivity index (χ2v) is 13.6. The van der Waals surface area contributed by atoms with Crippen molar-refractivity contribution in [3.05, 3.63) is 182 Å². The molecule has 0 saturated heterocycles. The second kappa shape index (κ2) is 12.1. The molecule has 0 amide bonds. The number of nitrogens with zero attached hydrogens (tertiary/aromatic N) is 4. The summed E-state index contributed by atoms with van der Waals surface area (Å²) >= 11 is 0. The number of furan rings is 1. The summed E-state index contributed by atoms with van der Waals surface area (Å²) in [6, 6.07) is 63.3. The third kappa shape index (κ3) is 4.90. The van der Waals surface area contributed by atoms with E-state index in [9.17, 15) is 0 Å². The van der Waals surface area contributed by atoms with Crippen LogP contribution in [0.5, 0.6) is 0 Å². The molecule has 0 aliphatic heterocycles. The maximum absolute atomic E-state index is 6.65. The van der Waals surface area contributed by atoms with E-state index < -0.39 is 0 Å². The van der Waals surface area contributed by atoms with Crippen LogP contribution < -0.4 is 0 Å². The molecule has 5 nitrogen and oxygen atoms in total. The van der Waals surface area contributed by atoms with Crippen LogP contribution in [0.15, 0.2) is 186 Å². The quantitative estimate of drug-likeness (QED) is 0.180. The summed E-state index contributed by atoms with van der Waals surface area (Å²) in [5.74, 6) is 1.83. The van der Waals surface area contributed by atoms with E-state index in [0.717, 1.165) is 60.9 Å². The second-order valence-electron chi connectivity index (χ2n) is 13.6. The SMILES string of the molecule is c1ccc(-c2ccc(-c3nc(-c4ccccc4)nc(-c4cccc5oc6cc(-n7c8ccccc8c8cc9ccccc9cc87)ccc6c45)n3)cc2)cc1. The van der Waals surface area contributed by atoms with E-state index in [-0.39, 0.29) is 0 Å². The highest BCUT2D eigenvalue weighted by molar-refractivity contribution is 6.15. The minimum atomic E-state index is 0.595. The molecule has 0 radical (unpaired) electrons. The molecule has 0 unspecified atom stereocenters. The summed E-state index contributed by atoms with van der Waals surface area (Å²) in [7, 11) is 0. The molecule has 11 rings (SSSR count). The van der Waals surface area contributed by atoms with E-state index in [2.05, 4.69) is 138 Å². The average molecular weight is 691 g/mol. The van der Waals surface area contributed by atoms with Gasteiger partial charge in [-0.25, -0.2) is 15.0 Å². The first-order chi connectivity index (χ1) is 26.7. The maximum atomic E-state index is 6.65. The summed E-state index contributed by atoms with van der Waals surface area (Å²) in [4.78, 5) is 15.2. The van der Waals surface area contributed by atoms with Crippen LogP contribution >= 0.6 is 0 Å². The van der Waals surface area contributed by atoms with Crippen molar-refractivity contribution >= 4 is 54.5 Å². The first-order valence-electron chi connectivity index (χ1n) is 18.1. The lowest BCUT2D eigenvalue weighted by Gasteiger charge is -2.10. The Labute approximate surface area is 310 Å². The average Bonchev–Trinajstić information content (AvgIpc) is 3.78. The monoisotopic (exact) mass is 690 g/mol. The van der Waals surface area contributed by atoms with Crippen LogP contribution in [0, 0.1) is 0 Å². The Bertz CT molecular complexity index is 3200. The van der Waals surface area contributed by atoms with Crippen LogP contribution in [-0.4, -0.2) is 19.5 Å². The Morgan fingerprint density at radius 1 is 0.370 bits per heavy atom. The van der Waals surface area contributed by atoms with Gasteiger partial charge in [-0.1, -0.05) is 140 Å². The number of aromatic nitrogens is 4. The van der Waals surface area contributed by atoms with Gasteiger partial charge in [-0.15, -0.1) is 0 Å². The van der Waals surface area contributed by atoms with Crippen LogP contribution in [0.3, 0.4) is 0 Å². The third-order valence-electron chi connectivity index (χ3n) is 10.4. The Morgan fingerprint density at radius 3 is 1.76 bits per heavy atom. The lowest BCUT2D eigenvalue weighted by molar-refractivity contribution is 0.668. The minimum absolute atomic E-state index is 0.595. The van der Waals surface area contributed by atoms with E-state index >= 15 is 0 Å². The summed E-state index contributed by atoms with van der Waals surface area (Å²) in [5, 5.41) is 6.87. The van der Waals surface area contributed by atoms with Gasteiger partial charge in [-0.05, 0) is 58.3 Å². The van der Waals surface area contributed by atoms with Gasteiger partial charge in [0, 0.05) is 50.0 Å². The molecule has 0 fully saturated rings. The van der Waals surface area contributed by atoms with Crippen LogP contribution in [-0.2, 0) is 0 Å². The Balaban J connectivity index is 1.08. The molecular weight excluding hydrogens is 661 g/mol. The van der Waals surface area contributed by atoms with Gasteiger partial charge >= 0.3 is 0 Å². The van der Waals surface area contributed by atoms with Crippen molar-refractivity contribution in [3.63, 3.8) is 0 Å². The summed E-state index contributed by atoms with van der Waals surface area (Å²) in [5.41, 5.74) is 9.98. The lowest BCUT2D eigenvalue weighted by atomic mass is 10.0. The Hall–Kier alpha value is -7.37. The van der Waals surface area contributed by atoms with Crippen molar-refractivity contribution in [1.82, 2.24) is 19.5 Å². The highest BCUT2D eigenvalue weighted by Crippen LogP contribution is 2.40. The number of benzene rings is 8. The molecule has 54 heavy (non-hydrogen) atoms. The minimum Gasteiger partial charge on any atom is -0.456 e. The van der Waals surface area contributed by atoms with Gasteiger partial charge in [0.05, 0.1) is 11.0 Å². The highest BCUT2D eigenvalue weighted by atomic mass is 16.3. The van der Waals surface area contributed by atoms with E-state index in [1.54, 1.807) is 0 Å². The van der Waals surface area contributed by atoms with Gasteiger partial charge in [0.15, 0.2) is 17.5 Å². The zero-order chi connectivity index (χ0) is 35.6.